The summed E-state index contributed by atoms with van der Waals surface area (Å²) in [7, 11) is 3.97. The molecule has 1 fully saturated rings. The number of nitrogens with zero attached hydrogens (tertiary/aromatic N) is 1. The van der Waals surface area contributed by atoms with E-state index in [4.69, 9.17) is 11.6 Å². The molecule has 0 radical (unpaired) electrons. The van der Waals surface area contributed by atoms with Gasteiger partial charge in [-0.1, -0.05) is 30.5 Å². The van der Waals surface area contributed by atoms with Crippen LogP contribution in [0.4, 0.5) is 5.69 Å². The molecular formula is C16H25ClN2O. The van der Waals surface area contributed by atoms with Gasteiger partial charge in [-0.2, -0.15) is 0 Å². The van der Waals surface area contributed by atoms with E-state index in [1.165, 1.54) is 12.0 Å². The Morgan fingerprint density at radius 3 is 2.65 bits per heavy atom. The van der Waals surface area contributed by atoms with Crippen molar-refractivity contribution in [2.75, 3.05) is 19.0 Å². The van der Waals surface area contributed by atoms with Crippen LogP contribution in [0.3, 0.4) is 0 Å². The maximum absolute atomic E-state index is 10.2. The predicted molar refractivity (Wildman–Crippen MR) is 85.6 cm³/mol. The van der Waals surface area contributed by atoms with Crippen molar-refractivity contribution in [1.82, 2.24) is 5.32 Å². The van der Waals surface area contributed by atoms with E-state index in [2.05, 4.69) is 29.3 Å². The van der Waals surface area contributed by atoms with Crippen LogP contribution in [0, 0.1) is 0 Å². The van der Waals surface area contributed by atoms with Crippen LogP contribution in [0.15, 0.2) is 18.2 Å². The molecule has 1 aromatic carbocycles. The lowest BCUT2D eigenvalue weighted by Crippen LogP contribution is -2.43. The Morgan fingerprint density at radius 1 is 1.35 bits per heavy atom. The zero-order valence-electron chi connectivity index (χ0n) is 12.6. The summed E-state index contributed by atoms with van der Waals surface area (Å²) in [6, 6.07) is 6.64. The van der Waals surface area contributed by atoms with E-state index in [0.29, 0.717) is 0 Å². The summed E-state index contributed by atoms with van der Waals surface area (Å²) >= 11 is 6.44. The van der Waals surface area contributed by atoms with Gasteiger partial charge in [0.05, 0.1) is 22.9 Å². The van der Waals surface area contributed by atoms with Crippen molar-refractivity contribution in [3.05, 3.63) is 28.8 Å². The number of rotatable bonds is 4. The number of benzene rings is 1. The van der Waals surface area contributed by atoms with E-state index in [9.17, 15) is 5.11 Å². The van der Waals surface area contributed by atoms with Gasteiger partial charge in [-0.3, -0.25) is 0 Å². The SMILES string of the molecule is CNC(C)c1ccc(N(C)C2CCCCC2O)c(Cl)c1. The highest BCUT2D eigenvalue weighted by molar-refractivity contribution is 6.33. The first-order valence-electron chi connectivity index (χ1n) is 7.42. The minimum absolute atomic E-state index is 0.175. The van der Waals surface area contributed by atoms with Gasteiger partial charge in [-0.25, -0.2) is 0 Å². The van der Waals surface area contributed by atoms with E-state index in [0.717, 1.165) is 30.0 Å². The zero-order chi connectivity index (χ0) is 14.7. The first kappa shape index (κ1) is 15.6. The molecule has 112 valence electrons. The Bertz CT molecular complexity index is 452. The highest BCUT2D eigenvalue weighted by atomic mass is 35.5. The molecule has 0 aliphatic heterocycles. The largest absolute Gasteiger partial charge is 0.391 e. The van der Waals surface area contributed by atoms with E-state index in [1.54, 1.807) is 0 Å². The molecule has 0 saturated heterocycles. The molecule has 1 aliphatic carbocycles. The highest BCUT2D eigenvalue weighted by Gasteiger charge is 2.27. The van der Waals surface area contributed by atoms with E-state index in [1.807, 2.05) is 20.2 Å². The number of nitrogens with one attached hydrogen (secondary N) is 1. The molecule has 0 bridgehead atoms. The molecule has 3 nitrogen and oxygen atoms in total. The van der Waals surface area contributed by atoms with Crippen molar-refractivity contribution in [1.29, 1.82) is 0 Å². The zero-order valence-corrected chi connectivity index (χ0v) is 13.3. The molecule has 0 amide bonds. The number of hydrogen-bond acceptors (Lipinski definition) is 3. The normalized spacial score (nSPS) is 24.4. The summed E-state index contributed by atoms with van der Waals surface area (Å²) in [5, 5.41) is 14.1. The van der Waals surface area contributed by atoms with Gasteiger partial charge in [0.2, 0.25) is 0 Å². The lowest BCUT2D eigenvalue weighted by Gasteiger charge is -2.37. The number of aliphatic hydroxyl groups is 1. The van der Waals surface area contributed by atoms with E-state index < -0.39 is 0 Å². The van der Waals surface area contributed by atoms with Crippen LogP contribution < -0.4 is 10.2 Å². The lowest BCUT2D eigenvalue weighted by molar-refractivity contribution is 0.106. The standard InChI is InChI=1S/C16H25ClN2O/c1-11(18-2)12-8-9-14(13(17)10-12)19(3)15-6-4-5-7-16(15)20/h8-11,15-16,18,20H,4-7H2,1-3H3. The van der Waals surface area contributed by atoms with Crippen molar-refractivity contribution in [2.45, 2.75) is 50.8 Å². The molecule has 0 aromatic heterocycles. The Balaban J connectivity index is 2.19. The van der Waals surface area contributed by atoms with Crippen LogP contribution in [0.1, 0.15) is 44.2 Å². The van der Waals surface area contributed by atoms with Crippen molar-refractivity contribution < 1.29 is 5.11 Å². The number of aliphatic hydroxyl groups excluding tert-OH is 1. The summed E-state index contributed by atoms with van der Waals surface area (Å²) in [4.78, 5) is 2.14. The summed E-state index contributed by atoms with van der Waals surface area (Å²) in [5.41, 5.74) is 2.18. The second kappa shape index (κ2) is 6.79. The predicted octanol–water partition coefficient (Wildman–Crippen LogP) is 3.36. The van der Waals surface area contributed by atoms with Crippen LogP contribution >= 0.6 is 11.6 Å². The van der Waals surface area contributed by atoms with Crippen LogP contribution in [0.2, 0.25) is 5.02 Å². The van der Waals surface area contributed by atoms with Gasteiger partial charge in [0.25, 0.3) is 0 Å². The number of likely N-dealkylation sites (N-methyl/N-ethyl adjacent to an activating group) is 1. The van der Waals surface area contributed by atoms with Crippen molar-refractivity contribution in [3.8, 4) is 0 Å². The van der Waals surface area contributed by atoms with Crippen LogP contribution in [0.25, 0.3) is 0 Å². The number of halogens is 1. The van der Waals surface area contributed by atoms with Gasteiger partial charge in [-0.15, -0.1) is 0 Å². The van der Waals surface area contributed by atoms with Gasteiger partial charge in [0, 0.05) is 13.1 Å². The monoisotopic (exact) mass is 296 g/mol. The van der Waals surface area contributed by atoms with Gasteiger partial charge in [0.1, 0.15) is 0 Å². The number of anilines is 1. The Labute approximate surface area is 126 Å². The van der Waals surface area contributed by atoms with Crippen LogP contribution in [-0.2, 0) is 0 Å². The molecule has 0 spiro atoms. The Hall–Kier alpha value is -0.770. The fraction of sp³-hybridized carbons (Fsp3) is 0.625. The average Bonchev–Trinajstić information content (AvgIpc) is 2.46. The molecule has 4 heteroatoms. The molecule has 1 aromatic rings. The summed E-state index contributed by atoms with van der Waals surface area (Å²) in [6.45, 7) is 2.11. The fourth-order valence-electron chi connectivity index (χ4n) is 2.97. The Morgan fingerprint density at radius 2 is 2.05 bits per heavy atom. The first-order valence-corrected chi connectivity index (χ1v) is 7.80. The fourth-order valence-corrected chi connectivity index (χ4v) is 3.29. The van der Waals surface area contributed by atoms with E-state index in [-0.39, 0.29) is 18.2 Å². The van der Waals surface area contributed by atoms with Gasteiger partial charge in [0.15, 0.2) is 0 Å². The third-order valence-electron chi connectivity index (χ3n) is 4.48. The molecular weight excluding hydrogens is 272 g/mol. The minimum Gasteiger partial charge on any atom is -0.391 e. The molecule has 3 atom stereocenters. The van der Waals surface area contributed by atoms with Crippen LogP contribution in [-0.4, -0.2) is 31.3 Å². The average molecular weight is 297 g/mol. The minimum atomic E-state index is -0.249. The molecule has 20 heavy (non-hydrogen) atoms. The topological polar surface area (TPSA) is 35.5 Å². The third-order valence-corrected chi connectivity index (χ3v) is 4.78. The van der Waals surface area contributed by atoms with Gasteiger partial charge in [-0.05, 0) is 44.5 Å². The molecule has 1 saturated carbocycles. The van der Waals surface area contributed by atoms with Crippen molar-refractivity contribution >= 4 is 17.3 Å². The second-order valence-electron chi connectivity index (χ2n) is 5.75. The van der Waals surface area contributed by atoms with Gasteiger partial charge < -0.3 is 15.3 Å². The van der Waals surface area contributed by atoms with Crippen molar-refractivity contribution in [2.24, 2.45) is 0 Å². The summed E-state index contributed by atoms with van der Waals surface area (Å²) < 4.78 is 0. The third kappa shape index (κ3) is 3.27. The van der Waals surface area contributed by atoms with Crippen molar-refractivity contribution in [3.63, 3.8) is 0 Å². The maximum Gasteiger partial charge on any atom is 0.0743 e. The molecule has 0 heterocycles. The highest BCUT2D eigenvalue weighted by Crippen LogP contribution is 2.33. The first-order chi connectivity index (χ1) is 9.54. The summed E-state index contributed by atoms with van der Waals surface area (Å²) in [5.74, 6) is 0. The molecule has 2 rings (SSSR count). The molecule has 1 aliphatic rings. The Kier molecular flexibility index (Phi) is 5.30. The second-order valence-corrected chi connectivity index (χ2v) is 6.16. The van der Waals surface area contributed by atoms with E-state index >= 15 is 0 Å². The van der Waals surface area contributed by atoms with Gasteiger partial charge >= 0.3 is 0 Å². The quantitative estimate of drug-likeness (QED) is 0.894. The maximum atomic E-state index is 10.2. The molecule has 3 unspecified atom stereocenters. The number of hydrogen-bond donors (Lipinski definition) is 2. The van der Waals surface area contributed by atoms with Crippen LogP contribution in [0.5, 0.6) is 0 Å². The summed E-state index contributed by atoms with van der Waals surface area (Å²) in [6.07, 6.45) is 3.97. The molecule has 2 N–H and O–H groups in total. The smallest absolute Gasteiger partial charge is 0.0743 e. The lowest BCUT2D eigenvalue weighted by atomic mass is 9.91.